The van der Waals surface area contributed by atoms with Gasteiger partial charge >= 0.3 is 0 Å². The summed E-state index contributed by atoms with van der Waals surface area (Å²) in [5.41, 5.74) is 7.28. The second kappa shape index (κ2) is 8.17. The van der Waals surface area contributed by atoms with Gasteiger partial charge in [-0.3, -0.25) is 0 Å². The zero-order chi connectivity index (χ0) is 22.4. The first-order valence-electron chi connectivity index (χ1n) is 9.95. The van der Waals surface area contributed by atoms with Crippen LogP contribution in [0.25, 0.3) is 21.9 Å². The van der Waals surface area contributed by atoms with E-state index < -0.39 is 24.5 Å². The van der Waals surface area contributed by atoms with Crippen LogP contribution in [-0.2, 0) is 4.74 Å². The molecule has 4 heterocycles. The number of hydrogen-bond donors (Lipinski definition) is 4. The molecule has 0 amide bonds. The van der Waals surface area contributed by atoms with Gasteiger partial charge < -0.3 is 35.3 Å². The molecule has 0 spiro atoms. The predicted molar refractivity (Wildman–Crippen MR) is 122 cm³/mol. The quantitative estimate of drug-likeness (QED) is 0.324. The lowest BCUT2D eigenvalue weighted by Gasteiger charge is -2.17. The summed E-state index contributed by atoms with van der Waals surface area (Å²) in [6, 6.07) is 9.37. The van der Waals surface area contributed by atoms with Crippen molar-refractivity contribution in [1.82, 2.24) is 19.5 Å². The number of hydrogen-bond acceptors (Lipinski definition) is 9. The van der Waals surface area contributed by atoms with Crippen molar-refractivity contribution in [2.24, 2.45) is 0 Å². The van der Waals surface area contributed by atoms with E-state index in [1.807, 2.05) is 31.3 Å². The van der Waals surface area contributed by atoms with E-state index in [4.69, 9.17) is 15.2 Å². The standard InChI is InChI=1S/C21H21BrN6O4/c1-24-15-5-2-10-6-11(3-4-13(10)27-15)31-8-14-17(29)18(30)21(32-14)28-7-12(22)16-19(23)25-9-26-20(16)28/h2-7,9,14,17-18,21,29-30H,8H2,1H3,(H,24,27)(H2,23,25,26)/t14-,17-,18-,21-/m1/s1. The van der Waals surface area contributed by atoms with Gasteiger partial charge in [0.05, 0.1) is 10.9 Å². The van der Waals surface area contributed by atoms with Crippen LogP contribution in [0.15, 0.2) is 47.3 Å². The van der Waals surface area contributed by atoms with Crippen molar-refractivity contribution in [3.05, 3.63) is 47.3 Å². The molecule has 5 N–H and O–H groups in total. The summed E-state index contributed by atoms with van der Waals surface area (Å²) in [6.45, 7) is 0.0553. The van der Waals surface area contributed by atoms with Gasteiger partial charge in [-0.2, -0.15) is 0 Å². The van der Waals surface area contributed by atoms with E-state index in [0.29, 0.717) is 27.1 Å². The molecule has 0 unspecified atom stereocenters. The van der Waals surface area contributed by atoms with Gasteiger partial charge in [0, 0.05) is 23.1 Å². The van der Waals surface area contributed by atoms with Crippen LogP contribution in [0, 0.1) is 0 Å². The molecule has 0 radical (unpaired) electrons. The summed E-state index contributed by atoms with van der Waals surface area (Å²) in [5.74, 6) is 1.70. The maximum Gasteiger partial charge on any atom is 0.164 e. The van der Waals surface area contributed by atoms with E-state index in [1.54, 1.807) is 16.8 Å². The van der Waals surface area contributed by atoms with Gasteiger partial charge in [0.15, 0.2) is 6.23 Å². The smallest absolute Gasteiger partial charge is 0.164 e. The molecule has 3 aromatic heterocycles. The molecule has 1 aromatic carbocycles. The maximum atomic E-state index is 10.7. The number of fused-ring (bicyclic) bond motifs is 2. The summed E-state index contributed by atoms with van der Waals surface area (Å²) in [5, 5.41) is 25.8. The molecule has 4 aromatic rings. The van der Waals surface area contributed by atoms with Crippen molar-refractivity contribution in [2.75, 3.05) is 24.7 Å². The van der Waals surface area contributed by atoms with Crippen LogP contribution in [0.4, 0.5) is 11.6 Å². The molecule has 1 fully saturated rings. The number of nitrogens with one attached hydrogen (secondary N) is 1. The molecular formula is C21H21BrN6O4. The largest absolute Gasteiger partial charge is 0.491 e. The molecule has 1 aliphatic rings. The fourth-order valence-electron chi connectivity index (χ4n) is 3.86. The Morgan fingerprint density at radius 3 is 2.88 bits per heavy atom. The summed E-state index contributed by atoms with van der Waals surface area (Å²) in [6.07, 6.45) is -0.880. The first-order chi connectivity index (χ1) is 15.5. The third-order valence-electron chi connectivity index (χ3n) is 5.53. The topological polar surface area (TPSA) is 141 Å². The zero-order valence-electron chi connectivity index (χ0n) is 17.0. The number of pyridine rings is 1. The van der Waals surface area contributed by atoms with E-state index in [0.717, 1.165) is 16.7 Å². The van der Waals surface area contributed by atoms with Crippen LogP contribution in [0.1, 0.15) is 6.23 Å². The van der Waals surface area contributed by atoms with Gasteiger partial charge in [0.1, 0.15) is 54.3 Å². The average molecular weight is 501 g/mol. The lowest BCUT2D eigenvalue weighted by molar-refractivity contribution is -0.0472. The minimum absolute atomic E-state index is 0.0553. The van der Waals surface area contributed by atoms with Gasteiger partial charge in [0.2, 0.25) is 0 Å². The number of rotatable bonds is 5. The second-order valence-electron chi connectivity index (χ2n) is 7.50. The van der Waals surface area contributed by atoms with E-state index in [1.165, 1.54) is 6.33 Å². The third kappa shape index (κ3) is 3.52. The number of aliphatic hydroxyl groups is 2. The number of benzene rings is 1. The molecule has 0 bridgehead atoms. The SMILES string of the molecule is CNc1ccc2cc(OC[C@H]3O[C@@H](n4cc(Br)c5c(N)ncnc54)[C@H](O)[C@@H]3O)ccc2n1. The van der Waals surface area contributed by atoms with Crippen LogP contribution in [0.2, 0.25) is 0 Å². The van der Waals surface area contributed by atoms with Crippen molar-refractivity contribution in [1.29, 1.82) is 0 Å². The van der Waals surface area contributed by atoms with Crippen LogP contribution in [0.5, 0.6) is 5.75 Å². The average Bonchev–Trinajstić information content (AvgIpc) is 3.29. The lowest BCUT2D eigenvalue weighted by Crippen LogP contribution is -2.34. The molecule has 11 heteroatoms. The summed E-state index contributed by atoms with van der Waals surface area (Å²) in [4.78, 5) is 12.7. The zero-order valence-corrected chi connectivity index (χ0v) is 18.6. The molecular weight excluding hydrogens is 480 g/mol. The molecule has 5 rings (SSSR count). The van der Waals surface area contributed by atoms with Crippen LogP contribution in [0.3, 0.4) is 0 Å². The Morgan fingerprint density at radius 1 is 1.22 bits per heavy atom. The first kappa shape index (κ1) is 20.9. The van der Waals surface area contributed by atoms with Crippen LogP contribution in [-0.4, -0.2) is 61.7 Å². The highest BCUT2D eigenvalue weighted by atomic mass is 79.9. The van der Waals surface area contributed by atoms with Crippen molar-refractivity contribution in [3.8, 4) is 5.75 Å². The van der Waals surface area contributed by atoms with Crippen molar-refractivity contribution < 1.29 is 19.7 Å². The Morgan fingerprint density at radius 2 is 2.06 bits per heavy atom. The molecule has 1 saturated heterocycles. The van der Waals surface area contributed by atoms with Crippen LogP contribution < -0.4 is 15.8 Å². The Kier molecular flexibility index (Phi) is 5.33. The van der Waals surface area contributed by atoms with Gasteiger partial charge in [-0.1, -0.05) is 0 Å². The Balaban J connectivity index is 1.34. The Bertz CT molecular complexity index is 1300. The van der Waals surface area contributed by atoms with Gasteiger partial charge in [-0.05, 0) is 46.3 Å². The van der Waals surface area contributed by atoms with E-state index in [9.17, 15) is 10.2 Å². The molecule has 0 saturated carbocycles. The van der Waals surface area contributed by atoms with Gasteiger partial charge in [-0.15, -0.1) is 0 Å². The Labute approximate surface area is 191 Å². The predicted octanol–water partition coefficient (Wildman–Crippen LogP) is 2.06. The number of nitrogens with zero attached hydrogens (tertiary/aromatic N) is 4. The second-order valence-corrected chi connectivity index (χ2v) is 8.35. The summed E-state index contributed by atoms with van der Waals surface area (Å²) < 4.78 is 14.1. The number of nitrogens with two attached hydrogens (primary N) is 1. The van der Waals surface area contributed by atoms with Crippen molar-refractivity contribution in [2.45, 2.75) is 24.5 Å². The van der Waals surface area contributed by atoms with Crippen LogP contribution >= 0.6 is 15.9 Å². The molecule has 0 aliphatic carbocycles. The molecule has 32 heavy (non-hydrogen) atoms. The first-order valence-corrected chi connectivity index (χ1v) is 10.7. The number of anilines is 2. The normalized spacial score (nSPS) is 23.1. The fraction of sp³-hybridized carbons (Fsp3) is 0.286. The number of aromatic nitrogens is 4. The van der Waals surface area contributed by atoms with Crippen molar-refractivity contribution >= 4 is 49.5 Å². The molecule has 4 atom stereocenters. The number of nitrogen functional groups attached to an aromatic ring is 1. The fourth-order valence-corrected chi connectivity index (χ4v) is 4.46. The number of ether oxygens (including phenoxy) is 2. The van der Waals surface area contributed by atoms with E-state index in [2.05, 4.69) is 36.2 Å². The highest BCUT2D eigenvalue weighted by Gasteiger charge is 2.44. The van der Waals surface area contributed by atoms with Gasteiger partial charge in [0.25, 0.3) is 0 Å². The minimum Gasteiger partial charge on any atom is -0.491 e. The van der Waals surface area contributed by atoms with Crippen molar-refractivity contribution in [3.63, 3.8) is 0 Å². The maximum absolute atomic E-state index is 10.7. The monoisotopic (exact) mass is 500 g/mol. The van der Waals surface area contributed by atoms with E-state index in [-0.39, 0.29) is 6.61 Å². The lowest BCUT2D eigenvalue weighted by atomic mass is 10.1. The number of aliphatic hydroxyl groups excluding tert-OH is 2. The Hall–Kier alpha value is -2.99. The highest BCUT2D eigenvalue weighted by molar-refractivity contribution is 9.10. The molecule has 1 aliphatic heterocycles. The molecule has 10 nitrogen and oxygen atoms in total. The van der Waals surface area contributed by atoms with E-state index >= 15 is 0 Å². The summed E-state index contributed by atoms with van der Waals surface area (Å²) >= 11 is 3.44. The number of halogens is 1. The van der Waals surface area contributed by atoms with Gasteiger partial charge in [-0.25, -0.2) is 15.0 Å². The highest BCUT2D eigenvalue weighted by Crippen LogP contribution is 2.36. The molecule has 166 valence electrons. The minimum atomic E-state index is -1.18. The summed E-state index contributed by atoms with van der Waals surface area (Å²) in [7, 11) is 1.82. The third-order valence-corrected chi connectivity index (χ3v) is 6.14.